The molecule has 18 heavy (non-hydrogen) atoms. The Labute approximate surface area is 109 Å². The minimum absolute atomic E-state index is 0.0310. The van der Waals surface area contributed by atoms with Crippen LogP contribution in [0.2, 0.25) is 0 Å². The molecule has 0 aromatic rings. The Morgan fingerprint density at radius 1 is 1.11 bits per heavy atom. The van der Waals surface area contributed by atoms with Gasteiger partial charge in [-0.15, -0.1) is 0 Å². The molecule has 2 saturated heterocycles. The average Bonchev–Trinajstić information content (AvgIpc) is 2.81. The van der Waals surface area contributed by atoms with E-state index < -0.39 is 0 Å². The van der Waals surface area contributed by atoms with E-state index in [-0.39, 0.29) is 18.1 Å². The molecule has 4 nitrogen and oxygen atoms in total. The van der Waals surface area contributed by atoms with Crippen LogP contribution >= 0.6 is 0 Å². The van der Waals surface area contributed by atoms with E-state index in [9.17, 15) is 9.90 Å². The number of aliphatic hydroxyl groups is 1. The van der Waals surface area contributed by atoms with Gasteiger partial charge in [-0.3, -0.25) is 4.79 Å². The van der Waals surface area contributed by atoms with Crippen molar-refractivity contribution < 1.29 is 9.90 Å². The van der Waals surface area contributed by atoms with Crippen molar-refractivity contribution >= 4 is 5.91 Å². The monoisotopic (exact) mass is 252 g/mol. The fourth-order valence-electron chi connectivity index (χ4n) is 3.88. The summed E-state index contributed by atoms with van der Waals surface area (Å²) >= 11 is 0. The zero-order valence-electron chi connectivity index (χ0n) is 11.0. The number of hydrogen-bond acceptors (Lipinski definition) is 3. The van der Waals surface area contributed by atoms with E-state index in [0.717, 1.165) is 45.3 Å². The zero-order chi connectivity index (χ0) is 12.5. The first-order chi connectivity index (χ1) is 8.75. The van der Waals surface area contributed by atoms with Crippen LogP contribution in [-0.2, 0) is 4.79 Å². The third-order valence-electron chi connectivity index (χ3n) is 4.99. The third-order valence-corrected chi connectivity index (χ3v) is 4.99. The zero-order valence-corrected chi connectivity index (χ0v) is 11.0. The molecule has 0 spiro atoms. The SMILES string of the molecule is O=C(C1CCCCCN1)N1CC2CCC(O)C2C1. The van der Waals surface area contributed by atoms with Gasteiger partial charge in [0.15, 0.2) is 0 Å². The maximum absolute atomic E-state index is 12.5. The van der Waals surface area contributed by atoms with Crippen LogP contribution in [0.1, 0.15) is 38.5 Å². The highest BCUT2D eigenvalue weighted by Crippen LogP contribution is 2.38. The summed E-state index contributed by atoms with van der Waals surface area (Å²) in [6.07, 6.45) is 6.41. The third kappa shape index (κ3) is 2.28. The standard InChI is InChI=1S/C14H24N2O2/c17-13-6-5-10-8-16(9-11(10)13)14(18)12-4-2-1-3-7-15-12/h10-13,15,17H,1-9H2. The number of likely N-dealkylation sites (tertiary alicyclic amines) is 1. The largest absolute Gasteiger partial charge is 0.393 e. The number of nitrogens with zero attached hydrogens (tertiary/aromatic N) is 1. The summed E-state index contributed by atoms with van der Waals surface area (Å²) in [5.74, 6) is 1.17. The fourth-order valence-corrected chi connectivity index (χ4v) is 3.88. The van der Waals surface area contributed by atoms with Crippen LogP contribution < -0.4 is 5.32 Å². The average molecular weight is 252 g/mol. The molecule has 0 aromatic heterocycles. The molecule has 1 saturated carbocycles. The molecule has 0 bridgehead atoms. The smallest absolute Gasteiger partial charge is 0.239 e. The summed E-state index contributed by atoms with van der Waals surface area (Å²) in [6.45, 7) is 2.63. The minimum atomic E-state index is -0.171. The van der Waals surface area contributed by atoms with Crippen molar-refractivity contribution in [1.29, 1.82) is 0 Å². The Kier molecular flexibility index (Phi) is 3.57. The Hall–Kier alpha value is -0.610. The predicted octanol–water partition coefficient (Wildman–Crippen LogP) is 0.748. The van der Waals surface area contributed by atoms with Gasteiger partial charge in [0.2, 0.25) is 5.91 Å². The molecule has 3 rings (SSSR count). The maximum atomic E-state index is 12.5. The van der Waals surface area contributed by atoms with E-state index in [2.05, 4.69) is 5.32 Å². The lowest BCUT2D eigenvalue weighted by atomic mass is 10.00. The number of amides is 1. The molecule has 3 fully saturated rings. The number of fused-ring (bicyclic) bond motifs is 1. The van der Waals surface area contributed by atoms with Crippen molar-refractivity contribution in [1.82, 2.24) is 10.2 Å². The van der Waals surface area contributed by atoms with Crippen LogP contribution in [0.3, 0.4) is 0 Å². The molecule has 2 N–H and O–H groups in total. The van der Waals surface area contributed by atoms with Gasteiger partial charge in [-0.1, -0.05) is 12.8 Å². The van der Waals surface area contributed by atoms with Gasteiger partial charge < -0.3 is 15.3 Å². The fraction of sp³-hybridized carbons (Fsp3) is 0.929. The molecule has 2 aliphatic heterocycles. The van der Waals surface area contributed by atoms with Crippen molar-refractivity contribution in [2.75, 3.05) is 19.6 Å². The molecular formula is C14H24N2O2. The summed E-state index contributed by atoms with van der Waals surface area (Å²) in [7, 11) is 0. The van der Waals surface area contributed by atoms with E-state index in [1.807, 2.05) is 4.90 Å². The molecule has 2 heterocycles. The van der Waals surface area contributed by atoms with Gasteiger partial charge >= 0.3 is 0 Å². The molecular weight excluding hydrogens is 228 g/mol. The van der Waals surface area contributed by atoms with Crippen molar-refractivity contribution in [3.8, 4) is 0 Å². The van der Waals surface area contributed by atoms with Gasteiger partial charge in [0.1, 0.15) is 0 Å². The van der Waals surface area contributed by atoms with Gasteiger partial charge in [-0.2, -0.15) is 0 Å². The van der Waals surface area contributed by atoms with Crippen LogP contribution in [0.5, 0.6) is 0 Å². The van der Waals surface area contributed by atoms with Gasteiger partial charge in [0, 0.05) is 19.0 Å². The number of rotatable bonds is 1. The van der Waals surface area contributed by atoms with E-state index >= 15 is 0 Å². The summed E-state index contributed by atoms with van der Waals surface area (Å²) < 4.78 is 0. The highest BCUT2D eigenvalue weighted by molar-refractivity contribution is 5.82. The van der Waals surface area contributed by atoms with Crippen LogP contribution in [0.15, 0.2) is 0 Å². The van der Waals surface area contributed by atoms with Crippen molar-refractivity contribution in [3.63, 3.8) is 0 Å². The van der Waals surface area contributed by atoms with E-state index in [1.54, 1.807) is 0 Å². The Balaban J connectivity index is 1.60. The Bertz CT molecular complexity index is 313. The highest BCUT2D eigenvalue weighted by Gasteiger charge is 2.44. The van der Waals surface area contributed by atoms with Gasteiger partial charge in [-0.05, 0) is 38.1 Å². The van der Waals surface area contributed by atoms with Crippen LogP contribution in [-0.4, -0.2) is 47.7 Å². The highest BCUT2D eigenvalue weighted by atomic mass is 16.3. The van der Waals surface area contributed by atoms with E-state index in [4.69, 9.17) is 0 Å². The molecule has 0 radical (unpaired) electrons. The molecule has 4 heteroatoms. The summed E-state index contributed by atoms with van der Waals surface area (Å²) in [5.41, 5.74) is 0. The maximum Gasteiger partial charge on any atom is 0.239 e. The van der Waals surface area contributed by atoms with E-state index in [1.165, 1.54) is 12.8 Å². The van der Waals surface area contributed by atoms with Crippen molar-refractivity contribution in [3.05, 3.63) is 0 Å². The van der Waals surface area contributed by atoms with Gasteiger partial charge in [0.05, 0.1) is 12.1 Å². The van der Waals surface area contributed by atoms with Crippen molar-refractivity contribution in [2.24, 2.45) is 11.8 Å². The molecule has 3 aliphatic rings. The van der Waals surface area contributed by atoms with Crippen LogP contribution in [0, 0.1) is 11.8 Å². The normalized spacial score (nSPS) is 40.6. The lowest BCUT2D eigenvalue weighted by Crippen LogP contribution is -2.45. The first-order valence-corrected chi connectivity index (χ1v) is 7.46. The van der Waals surface area contributed by atoms with Crippen LogP contribution in [0.4, 0.5) is 0 Å². The lowest BCUT2D eigenvalue weighted by molar-refractivity contribution is -0.133. The minimum Gasteiger partial charge on any atom is -0.393 e. The summed E-state index contributed by atoms with van der Waals surface area (Å²) in [6, 6.07) is 0.0310. The van der Waals surface area contributed by atoms with Crippen LogP contribution in [0.25, 0.3) is 0 Å². The van der Waals surface area contributed by atoms with E-state index in [0.29, 0.717) is 11.8 Å². The Morgan fingerprint density at radius 3 is 2.83 bits per heavy atom. The first kappa shape index (κ1) is 12.4. The first-order valence-electron chi connectivity index (χ1n) is 7.46. The number of carbonyl (C=O) groups excluding carboxylic acids is 1. The molecule has 1 aliphatic carbocycles. The van der Waals surface area contributed by atoms with Gasteiger partial charge in [-0.25, -0.2) is 0 Å². The molecule has 4 unspecified atom stereocenters. The quantitative estimate of drug-likeness (QED) is 0.724. The second kappa shape index (κ2) is 5.17. The van der Waals surface area contributed by atoms with Crippen molar-refractivity contribution in [2.45, 2.75) is 50.7 Å². The number of carbonyl (C=O) groups is 1. The molecule has 102 valence electrons. The summed E-state index contributed by atoms with van der Waals surface area (Å²) in [5, 5.41) is 13.3. The lowest BCUT2D eigenvalue weighted by Gasteiger charge is -2.24. The molecule has 0 aromatic carbocycles. The molecule has 1 amide bonds. The summed E-state index contributed by atoms with van der Waals surface area (Å²) in [4.78, 5) is 14.5. The second-order valence-electron chi connectivity index (χ2n) is 6.17. The number of aliphatic hydroxyl groups excluding tert-OH is 1. The molecule has 4 atom stereocenters. The predicted molar refractivity (Wildman–Crippen MR) is 69.1 cm³/mol. The second-order valence-corrected chi connectivity index (χ2v) is 6.17. The topological polar surface area (TPSA) is 52.6 Å². The van der Waals surface area contributed by atoms with Gasteiger partial charge in [0.25, 0.3) is 0 Å². The Morgan fingerprint density at radius 2 is 2.00 bits per heavy atom. The number of hydrogen-bond donors (Lipinski definition) is 2. The number of nitrogens with one attached hydrogen (secondary N) is 1.